The molecule has 2 aliphatic carbocycles. The summed E-state index contributed by atoms with van der Waals surface area (Å²) in [6.07, 6.45) is 19.2. The maximum atomic E-state index is 3.76. The number of hydrogen-bond donors (Lipinski definition) is 1. The number of rotatable bonds is 2. The molecule has 0 aromatic heterocycles. The molecular weight excluding hydrogens is 194 g/mol. The van der Waals surface area contributed by atoms with Crippen LogP contribution in [-0.2, 0) is 0 Å². The number of allylic oxidation sites excluding steroid dienone is 3. The normalized spacial score (nSPS) is 31.8. The van der Waals surface area contributed by atoms with Gasteiger partial charge in [-0.25, -0.2) is 0 Å². The Hall–Kier alpha value is -0.720. The SMILES string of the molecule is [C]1=CC=C(C2CCCC2)NC1C1CCCC1. The third kappa shape index (κ3) is 2.05. The second-order valence-electron chi connectivity index (χ2n) is 5.60. The Balaban J connectivity index is 1.64. The van der Waals surface area contributed by atoms with E-state index in [2.05, 4.69) is 23.5 Å². The van der Waals surface area contributed by atoms with E-state index in [4.69, 9.17) is 0 Å². The summed E-state index contributed by atoms with van der Waals surface area (Å²) < 4.78 is 0. The van der Waals surface area contributed by atoms with E-state index < -0.39 is 0 Å². The van der Waals surface area contributed by atoms with Gasteiger partial charge in [-0.05, 0) is 49.7 Å². The Bertz CT molecular complexity index is 291. The van der Waals surface area contributed by atoms with Crippen LogP contribution in [0.4, 0.5) is 0 Å². The fourth-order valence-corrected chi connectivity index (χ4v) is 3.55. The standard InChI is InChI=1S/C15H22N/c1-2-7-12(6-1)14-10-5-11-15(16-14)13-8-3-4-9-13/h5,10,12-13,15-16H,1-4,6-9H2. The molecule has 2 saturated carbocycles. The average molecular weight is 216 g/mol. The van der Waals surface area contributed by atoms with Crippen molar-refractivity contribution in [2.75, 3.05) is 0 Å². The van der Waals surface area contributed by atoms with Crippen LogP contribution in [-0.4, -0.2) is 6.04 Å². The second-order valence-corrected chi connectivity index (χ2v) is 5.60. The van der Waals surface area contributed by atoms with Crippen LogP contribution in [0.2, 0.25) is 0 Å². The topological polar surface area (TPSA) is 12.0 Å². The van der Waals surface area contributed by atoms with Crippen LogP contribution in [0.25, 0.3) is 0 Å². The zero-order valence-electron chi connectivity index (χ0n) is 10.0. The Kier molecular flexibility index (Phi) is 3.03. The van der Waals surface area contributed by atoms with Crippen molar-refractivity contribution in [1.29, 1.82) is 0 Å². The van der Waals surface area contributed by atoms with Crippen LogP contribution in [0.5, 0.6) is 0 Å². The second kappa shape index (κ2) is 4.65. The van der Waals surface area contributed by atoms with Gasteiger partial charge in [0.1, 0.15) is 0 Å². The summed E-state index contributed by atoms with van der Waals surface area (Å²) >= 11 is 0. The molecular formula is C15H22N. The first-order valence-corrected chi connectivity index (χ1v) is 6.99. The molecule has 3 rings (SSSR count). The minimum Gasteiger partial charge on any atom is -0.381 e. The van der Waals surface area contributed by atoms with E-state index in [1.165, 1.54) is 57.1 Å². The molecule has 0 aromatic carbocycles. The molecule has 1 radical (unpaired) electrons. The predicted molar refractivity (Wildman–Crippen MR) is 66.7 cm³/mol. The smallest absolute Gasteiger partial charge is 0.0542 e. The summed E-state index contributed by atoms with van der Waals surface area (Å²) in [5, 5.41) is 3.76. The summed E-state index contributed by atoms with van der Waals surface area (Å²) in [5.74, 6) is 1.67. The van der Waals surface area contributed by atoms with Crippen molar-refractivity contribution in [3.8, 4) is 0 Å². The molecule has 16 heavy (non-hydrogen) atoms. The fraction of sp³-hybridized carbons (Fsp3) is 0.733. The Morgan fingerprint density at radius 2 is 1.69 bits per heavy atom. The Labute approximate surface area is 99.0 Å². The highest BCUT2D eigenvalue weighted by molar-refractivity contribution is 5.20. The van der Waals surface area contributed by atoms with Crippen LogP contribution in [0.1, 0.15) is 51.4 Å². The summed E-state index contributed by atoms with van der Waals surface area (Å²) in [6.45, 7) is 0. The van der Waals surface area contributed by atoms with Crippen molar-refractivity contribution in [1.82, 2.24) is 5.32 Å². The van der Waals surface area contributed by atoms with Crippen molar-refractivity contribution in [2.24, 2.45) is 11.8 Å². The molecule has 0 amide bonds. The van der Waals surface area contributed by atoms with E-state index in [9.17, 15) is 0 Å². The van der Waals surface area contributed by atoms with Crippen LogP contribution >= 0.6 is 0 Å². The van der Waals surface area contributed by atoms with E-state index in [0.717, 1.165) is 11.8 Å². The third-order valence-corrected chi connectivity index (χ3v) is 4.53. The Morgan fingerprint density at radius 3 is 2.44 bits per heavy atom. The predicted octanol–water partition coefficient (Wildman–Crippen LogP) is 3.58. The number of hydrogen-bond acceptors (Lipinski definition) is 1. The first-order valence-electron chi connectivity index (χ1n) is 6.99. The maximum absolute atomic E-state index is 3.76. The minimum absolute atomic E-state index is 0.517. The summed E-state index contributed by atoms with van der Waals surface area (Å²) in [4.78, 5) is 0. The molecule has 1 aliphatic heterocycles. The van der Waals surface area contributed by atoms with Gasteiger partial charge in [0.25, 0.3) is 0 Å². The molecule has 1 unspecified atom stereocenters. The van der Waals surface area contributed by atoms with E-state index in [-0.39, 0.29) is 0 Å². The lowest BCUT2D eigenvalue weighted by Gasteiger charge is -2.29. The van der Waals surface area contributed by atoms with E-state index >= 15 is 0 Å². The lowest BCUT2D eigenvalue weighted by atomic mass is 9.92. The lowest BCUT2D eigenvalue weighted by Crippen LogP contribution is -2.36. The van der Waals surface area contributed by atoms with Crippen molar-refractivity contribution in [3.63, 3.8) is 0 Å². The van der Waals surface area contributed by atoms with Gasteiger partial charge in [0, 0.05) is 5.70 Å². The van der Waals surface area contributed by atoms with Gasteiger partial charge in [-0.2, -0.15) is 0 Å². The van der Waals surface area contributed by atoms with Crippen LogP contribution in [0, 0.1) is 17.9 Å². The molecule has 0 saturated heterocycles. The first kappa shape index (κ1) is 10.4. The summed E-state index contributed by atoms with van der Waals surface area (Å²) in [7, 11) is 0. The van der Waals surface area contributed by atoms with Gasteiger partial charge in [0.2, 0.25) is 0 Å². The molecule has 0 aromatic rings. The molecule has 1 atom stereocenters. The summed E-state index contributed by atoms with van der Waals surface area (Å²) in [5.41, 5.74) is 1.51. The van der Waals surface area contributed by atoms with Gasteiger partial charge in [-0.3, -0.25) is 0 Å². The molecule has 1 heteroatoms. The highest BCUT2D eigenvalue weighted by Crippen LogP contribution is 2.34. The highest BCUT2D eigenvalue weighted by atomic mass is 14.9. The molecule has 0 bridgehead atoms. The van der Waals surface area contributed by atoms with E-state index in [1.807, 2.05) is 0 Å². The van der Waals surface area contributed by atoms with Gasteiger partial charge in [0.15, 0.2) is 0 Å². The molecule has 3 aliphatic rings. The van der Waals surface area contributed by atoms with Gasteiger partial charge in [-0.15, -0.1) is 0 Å². The quantitative estimate of drug-likeness (QED) is 0.744. The maximum Gasteiger partial charge on any atom is 0.0542 e. The molecule has 1 nitrogen and oxygen atoms in total. The molecule has 87 valence electrons. The van der Waals surface area contributed by atoms with Gasteiger partial charge in [0.05, 0.1) is 6.04 Å². The molecule has 1 heterocycles. The van der Waals surface area contributed by atoms with Crippen molar-refractivity contribution < 1.29 is 0 Å². The third-order valence-electron chi connectivity index (χ3n) is 4.53. The first-order chi connectivity index (χ1) is 7.93. The van der Waals surface area contributed by atoms with Crippen LogP contribution < -0.4 is 5.32 Å². The van der Waals surface area contributed by atoms with Crippen molar-refractivity contribution >= 4 is 0 Å². The lowest BCUT2D eigenvalue weighted by molar-refractivity contribution is 0.406. The fourth-order valence-electron chi connectivity index (χ4n) is 3.55. The summed E-state index contributed by atoms with van der Waals surface area (Å²) in [6, 6.07) is 0.517. The molecule has 0 spiro atoms. The van der Waals surface area contributed by atoms with Crippen LogP contribution in [0.3, 0.4) is 0 Å². The number of dihydropyridines is 1. The van der Waals surface area contributed by atoms with Crippen LogP contribution in [0.15, 0.2) is 17.8 Å². The zero-order chi connectivity index (χ0) is 10.8. The van der Waals surface area contributed by atoms with Gasteiger partial charge in [-0.1, -0.05) is 31.8 Å². The monoisotopic (exact) mass is 216 g/mol. The average Bonchev–Trinajstić information content (AvgIpc) is 3.03. The zero-order valence-corrected chi connectivity index (χ0v) is 10.0. The highest BCUT2D eigenvalue weighted by Gasteiger charge is 2.28. The van der Waals surface area contributed by atoms with Crippen molar-refractivity contribution in [2.45, 2.75) is 57.4 Å². The molecule has 2 fully saturated rings. The van der Waals surface area contributed by atoms with Gasteiger partial charge < -0.3 is 5.32 Å². The van der Waals surface area contributed by atoms with E-state index in [0.29, 0.717) is 6.04 Å². The molecule has 1 N–H and O–H groups in total. The van der Waals surface area contributed by atoms with Crippen molar-refractivity contribution in [3.05, 3.63) is 23.9 Å². The largest absolute Gasteiger partial charge is 0.381 e. The Morgan fingerprint density at radius 1 is 1.00 bits per heavy atom. The van der Waals surface area contributed by atoms with Gasteiger partial charge >= 0.3 is 0 Å². The minimum atomic E-state index is 0.517. The number of nitrogens with one attached hydrogen (secondary N) is 1. The van der Waals surface area contributed by atoms with E-state index in [1.54, 1.807) is 0 Å².